The fourth-order valence-electron chi connectivity index (χ4n) is 2.68. The van der Waals surface area contributed by atoms with E-state index < -0.39 is 0 Å². The van der Waals surface area contributed by atoms with Crippen molar-refractivity contribution in [3.8, 4) is 11.5 Å². The molecule has 1 aliphatic rings. The standard InChI is InChI=1S/C19H31N3O4.HI/c1-4-20-19(21-9-5-10-25-13-15-8-11-26-14-15)22-16-6-7-17(23-2)18(12-16)24-3;/h6-7,12,15H,4-5,8-11,13-14H2,1-3H3,(H2,20,21,22);1H. The zero-order chi connectivity index (χ0) is 18.6. The van der Waals surface area contributed by atoms with Gasteiger partial charge in [-0.3, -0.25) is 4.99 Å². The van der Waals surface area contributed by atoms with Crippen molar-refractivity contribution < 1.29 is 18.9 Å². The first-order chi connectivity index (χ1) is 12.8. The maximum Gasteiger partial charge on any atom is 0.195 e. The molecule has 1 atom stereocenters. The highest BCUT2D eigenvalue weighted by atomic mass is 127. The minimum Gasteiger partial charge on any atom is -0.493 e. The minimum atomic E-state index is 0. The molecule has 0 aromatic heterocycles. The van der Waals surface area contributed by atoms with Crippen LogP contribution in [-0.2, 0) is 9.47 Å². The van der Waals surface area contributed by atoms with Gasteiger partial charge in [-0.15, -0.1) is 24.0 Å². The van der Waals surface area contributed by atoms with Crippen LogP contribution in [0.15, 0.2) is 23.2 Å². The molecule has 0 radical (unpaired) electrons. The minimum absolute atomic E-state index is 0. The van der Waals surface area contributed by atoms with Crippen LogP contribution in [0, 0.1) is 5.92 Å². The van der Waals surface area contributed by atoms with E-state index in [1.165, 1.54) is 0 Å². The Hall–Kier alpha value is -1.26. The van der Waals surface area contributed by atoms with E-state index in [0.29, 0.717) is 24.0 Å². The van der Waals surface area contributed by atoms with Gasteiger partial charge in [0.15, 0.2) is 17.5 Å². The van der Waals surface area contributed by atoms with Crippen molar-refractivity contribution in [2.75, 3.05) is 59.1 Å². The molecule has 0 spiro atoms. The number of guanidine groups is 1. The SMILES string of the molecule is CCNC(=NCCCOCC1CCOC1)Nc1ccc(OC)c(OC)c1.I. The summed E-state index contributed by atoms with van der Waals surface area (Å²) in [5.41, 5.74) is 0.889. The van der Waals surface area contributed by atoms with E-state index in [9.17, 15) is 0 Å². The van der Waals surface area contributed by atoms with E-state index >= 15 is 0 Å². The number of nitrogens with one attached hydrogen (secondary N) is 2. The van der Waals surface area contributed by atoms with Gasteiger partial charge in [0, 0.05) is 44.0 Å². The van der Waals surface area contributed by atoms with Crippen molar-refractivity contribution in [3.05, 3.63) is 18.2 Å². The Labute approximate surface area is 179 Å². The summed E-state index contributed by atoms with van der Waals surface area (Å²) in [5, 5.41) is 6.53. The Bertz CT molecular complexity index is 566. The van der Waals surface area contributed by atoms with Crippen LogP contribution in [0.4, 0.5) is 5.69 Å². The molecule has 1 fully saturated rings. The third-order valence-electron chi connectivity index (χ3n) is 4.08. The number of rotatable bonds is 10. The van der Waals surface area contributed by atoms with Crippen LogP contribution < -0.4 is 20.1 Å². The van der Waals surface area contributed by atoms with E-state index in [1.807, 2.05) is 25.1 Å². The molecule has 0 bridgehead atoms. The number of nitrogens with zero attached hydrogens (tertiary/aromatic N) is 1. The molecule has 1 aliphatic heterocycles. The van der Waals surface area contributed by atoms with Crippen LogP contribution >= 0.6 is 24.0 Å². The van der Waals surface area contributed by atoms with Crippen molar-refractivity contribution in [1.82, 2.24) is 5.32 Å². The van der Waals surface area contributed by atoms with Crippen LogP contribution in [0.2, 0.25) is 0 Å². The van der Waals surface area contributed by atoms with Gasteiger partial charge in [0.05, 0.1) is 27.4 Å². The highest BCUT2D eigenvalue weighted by molar-refractivity contribution is 14.0. The summed E-state index contributed by atoms with van der Waals surface area (Å²) in [4.78, 5) is 4.59. The first-order valence-electron chi connectivity index (χ1n) is 9.19. The first-order valence-corrected chi connectivity index (χ1v) is 9.19. The lowest BCUT2D eigenvalue weighted by molar-refractivity contribution is 0.0893. The molecular formula is C19H32IN3O4. The summed E-state index contributed by atoms with van der Waals surface area (Å²) in [5.74, 6) is 2.67. The number of hydrogen-bond donors (Lipinski definition) is 2. The Morgan fingerprint density at radius 3 is 2.74 bits per heavy atom. The summed E-state index contributed by atoms with van der Waals surface area (Å²) >= 11 is 0. The third-order valence-corrected chi connectivity index (χ3v) is 4.08. The lowest BCUT2D eigenvalue weighted by Crippen LogP contribution is -2.30. The molecule has 1 unspecified atom stereocenters. The largest absolute Gasteiger partial charge is 0.493 e. The van der Waals surface area contributed by atoms with Crippen molar-refractivity contribution in [2.24, 2.45) is 10.9 Å². The van der Waals surface area contributed by atoms with E-state index in [-0.39, 0.29) is 24.0 Å². The van der Waals surface area contributed by atoms with E-state index in [2.05, 4.69) is 15.6 Å². The maximum absolute atomic E-state index is 5.71. The van der Waals surface area contributed by atoms with Gasteiger partial charge in [0.1, 0.15) is 0 Å². The maximum atomic E-state index is 5.71. The average molecular weight is 493 g/mol. The topological polar surface area (TPSA) is 73.3 Å². The van der Waals surface area contributed by atoms with Crippen LogP contribution in [-0.4, -0.2) is 59.7 Å². The van der Waals surface area contributed by atoms with Gasteiger partial charge in [0.25, 0.3) is 0 Å². The van der Waals surface area contributed by atoms with E-state index in [0.717, 1.165) is 57.5 Å². The zero-order valence-corrected chi connectivity index (χ0v) is 18.8. The van der Waals surface area contributed by atoms with Crippen LogP contribution in [0.5, 0.6) is 11.5 Å². The quantitative estimate of drug-likeness (QED) is 0.226. The van der Waals surface area contributed by atoms with Crippen LogP contribution in [0.1, 0.15) is 19.8 Å². The molecule has 1 aromatic rings. The molecule has 0 saturated carbocycles. The normalized spacial score (nSPS) is 16.6. The Balaban J connectivity index is 0.00000364. The van der Waals surface area contributed by atoms with Crippen LogP contribution in [0.25, 0.3) is 0 Å². The van der Waals surface area contributed by atoms with Crippen molar-refractivity contribution in [1.29, 1.82) is 0 Å². The average Bonchev–Trinajstić information content (AvgIpc) is 3.18. The van der Waals surface area contributed by atoms with Gasteiger partial charge in [-0.2, -0.15) is 0 Å². The molecule has 154 valence electrons. The van der Waals surface area contributed by atoms with Gasteiger partial charge in [-0.25, -0.2) is 0 Å². The Kier molecular flexibility index (Phi) is 12.2. The molecule has 0 aliphatic carbocycles. The number of hydrogen-bond acceptors (Lipinski definition) is 5. The van der Waals surface area contributed by atoms with E-state index in [4.69, 9.17) is 18.9 Å². The molecule has 7 nitrogen and oxygen atoms in total. The highest BCUT2D eigenvalue weighted by Gasteiger charge is 2.15. The second-order valence-electron chi connectivity index (χ2n) is 6.11. The van der Waals surface area contributed by atoms with E-state index in [1.54, 1.807) is 14.2 Å². The lowest BCUT2D eigenvalue weighted by Gasteiger charge is -2.14. The first kappa shape index (κ1) is 23.8. The number of methoxy groups -OCH3 is 2. The lowest BCUT2D eigenvalue weighted by atomic mass is 10.1. The number of halogens is 1. The number of anilines is 1. The molecule has 8 heteroatoms. The van der Waals surface area contributed by atoms with Gasteiger partial charge in [-0.1, -0.05) is 0 Å². The number of ether oxygens (including phenoxy) is 4. The van der Waals surface area contributed by atoms with Gasteiger partial charge < -0.3 is 29.6 Å². The highest BCUT2D eigenvalue weighted by Crippen LogP contribution is 2.29. The summed E-state index contributed by atoms with van der Waals surface area (Å²) < 4.78 is 21.7. The second-order valence-corrected chi connectivity index (χ2v) is 6.11. The molecule has 0 amide bonds. The smallest absolute Gasteiger partial charge is 0.195 e. The molecule has 1 aromatic carbocycles. The summed E-state index contributed by atoms with van der Waals surface area (Å²) in [7, 11) is 3.25. The van der Waals surface area contributed by atoms with Gasteiger partial charge in [0.2, 0.25) is 0 Å². The number of benzene rings is 1. The fraction of sp³-hybridized carbons (Fsp3) is 0.632. The molecular weight excluding hydrogens is 461 g/mol. The molecule has 1 heterocycles. The predicted octanol–water partition coefficient (Wildman–Crippen LogP) is 3.14. The van der Waals surface area contributed by atoms with Crippen molar-refractivity contribution >= 4 is 35.6 Å². The summed E-state index contributed by atoms with van der Waals surface area (Å²) in [6.07, 6.45) is 1.99. The Morgan fingerprint density at radius 1 is 1.26 bits per heavy atom. The molecule has 2 N–H and O–H groups in total. The van der Waals surface area contributed by atoms with Crippen LogP contribution in [0.3, 0.4) is 0 Å². The molecule has 27 heavy (non-hydrogen) atoms. The van der Waals surface area contributed by atoms with Crippen molar-refractivity contribution in [2.45, 2.75) is 19.8 Å². The Morgan fingerprint density at radius 2 is 2.07 bits per heavy atom. The number of aliphatic imine (C=N–C) groups is 1. The summed E-state index contributed by atoms with van der Waals surface area (Å²) in [6, 6.07) is 5.69. The van der Waals surface area contributed by atoms with Gasteiger partial charge >= 0.3 is 0 Å². The molecule has 2 rings (SSSR count). The second kappa shape index (κ2) is 13.8. The third kappa shape index (κ3) is 8.52. The monoisotopic (exact) mass is 493 g/mol. The zero-order valence-electron chi connectivity index (χ0n) is 16.5. The van der Waals surface area contributed by atoms with Gasteiger partial charge in [-0.05, 0) is 31.9 Å². The molecule has 1 saturated heterocycles. The summed E-state index contributed by atoms with van der Waals surface area (Å²) in [6.45, 7) is 6.73. The van der Waals surface area contributed by atoms with Crippen molar-refractivity contribution in [3.63, 3.8) is 0 Å². The fourth-order valence-corrected chi connectivity index (χ4v) is 2.68. The predicted molar refractivity (Wildman–Crippen MR) is 119 cm³/mol.